The molecule has 2 aliphatic rings. The minimum atomic E-state index is -0.442. The monoisotopic (exact) mass is 1200 g/mol. The summed E-state index contributed by atoms with van der Waals surface area (Å²) in [5.41, 5.74) is 4.60. The molecule has 0 unspecified atom stereocenters. The van der Waals surface area contributed by atoms with E-state index in [9.17, 15) is 0 Å². The van der Waals surface area contributed by atoms with Crippen molar-refractivity contribution >= 4 is 100 Å². The van der Waals surface area contributed by atoms with Gasteiger partial charge in [-0.15, -0.1) is 0 Å². The van der Waals surface area contributed by atoms with Crippen molar-refractivity contribution < 1.29 is 37.6 Å². The predicted molar refractivity (Wildman–Crippen MR) is 342 cm³/mol. The molecule has 8 aromatic carbocycles. The Balaban J connectivity index is 0.000000210. The molecule has 0 aliphatic carbocycles. The molecule has 0 radical (unpaired) electrons. The van der Waals surface area contributed by atoms with Gasteiger partial charge in [-0.1, -0.05) is 158 Å². The fraction of sp³-hybridized carbons (Fsp3) is 0.412. The van der Waals surface area contributed by atoms with Crippen molar-refractivity contribution in [1.29, 1.82) is 0 Å². The number of halogens is 2. The maximum atomic E-state index is 6.56. The molecule has 8 aromatic rings. The summed E-state index contributed by atoms with van der Waals surface area (Å²) in [6.45, 7) is 28.1. The van der Waals surface area contributed by atoms with Gasteiger partial charge in [0.1, 0.15) is 23.0 Å². The van der Waals surface area contributed by atoms with E-state index in [1.807, 2.05) is 0 Å². The third-order valence-electron chi connectivity index (χ3n) is 16.5. The Hall–Kier alpha value is -5.07. The van der Waals surface area contributed by atoms with Crippen molar-refractivity contribution in [3.05, 3.63) is 130 Å². The van der Waals surface area contributed by atoms with Crippen LogP contribution < -0.4 is 29.9 Å². The summed E-state index contributed by atoms with van der Waals surface area (Å²) in [5.74, 6) is 3.51. The number of fused-ring (bicyclic) bond motifs is 4. The quantitative estimate of drug-likeness (QED) is 0.0552. The van der Waals surface area contributed by atoms with Crippen molar-refractivity contribution in [1.82, 2.24) is 0 Å². The maximum Gasteiger partial charge on any atom is 0.494 e. The predicted octanol–water partition coefficient (Wildman–Crippen LogP) is 18.2. The second kappa shape index (κ2) is 25.2. The van der Waals surface area contributed by atoms with E-state index < -0.39 is 36.6 Å². The summed E-state index contributed by atoms with van der Waals surface area (Å²) >= 11 is 7.25. The van der Waals surface area contributed by atoms with Crippen LogP contribution in [0, 0.1) is 0 Å². The Morgan fingerprint density at radius 2 is 0.588 bits per heavy atom. The normalized spacial score (nSPS) is 16.1. The van der Waals surface area contributed by atoms with E-state index in [0.717, 1.165) is 149 Å². The first-order valence-electron chi connectivity index (χ1n) is 29.1. The first kappa shape index (κ1) is 59.5. The first-order valence-corrected chi connectivity index (χ1v) is 30.7. The number of unbranched alkanes of at least 4 members (excludes halogenated alkanes) is 4. The smallest absolute Gasteiger partial charge is 0.493 e. The highest BCUT2D eigenvalue weighted by molar-refractivity contribution is 9.10. The van der Waals surface area contributed by atoms with Gasteiger partial charge in [0.2, 0.25) is 0 Å². The third-order valence-corrected chi connectivity index (χ3v) is 17.5. The van der Waals surface area contributed by atoms with Crippen LogP contribution in [0.1, 0.15) is 134 Å². The van der Waals surface area contributed by atoms with E-state index in [4.69, 9.17) is 37.6 Å². The lowest BCUT2D eigenvalue weighted by Crippen LogP contribution is -2.41. The zero-order chi connectivity index (χ0) is 57.0. The van der Waals surface area contributed by atoms with Crippen LogP contribution in [-0.2, 0) is 18.6 Å². The molecule has 0 spiro atoms. The van der Waals surface area contributed by atoms with Gasteiger partial charge in [0, 0.05) is 31.2 Å². The second-order valence-corrected chi connectivity index (χ2v) is 25.3. The van der Waals surface area contributed by atoms with Crippen LogP contribution in [0.4, 0.5) is 0 Å². The number of hydrogen-bond acceptors (Lipinski definition) is 8. The van der Waals surface area contributed by atoms with Gasteiger partial charge in [0.25, 0.3) is 0 Å². The lowest BCUT2D eigenvalue weighted by atomic mass is 9.77. The van der Waals surface area contributed by atoms with Gasteiger partial charge in [-0.3, -0.25) is 0 Å². The number of rotatable bonds is 20. The molecule has 10 rings (SSSR count). The van der Waals surface area contributed by atoms with Crippen molar-refractivity contribution in [3.8, 4) is 45.3 Å². The standard InChI is InChI=1S/C40H52B2O6.C28H28Br2O2/c1-11-13-23-43-33-21-15-27-25-29(41-45-37(3,4)38(5,6)46-41)17-19-31(27)35(33)36-32-20-18-30(42-47-39(7,8)40(9,10)48-42)26-28(32)16-22-34(36)44-24-14-12-2;1-3-5-15-31-25-13-7-19-17-21(29)9-11-23(19)27(25)28-24-12-10-22(30)18-20(24)8-14-26(28)32-16-6-4-2/h15-22,25-26H,11-14,23-24H2,1-10H3;7-14,17-18H,3-6,15-16H2,1-2H3. The van der Waals surface area contributed by atoms with Crippen LogP contribution in [-0.4, -0.2) is 63.1 Å². The highest BCUT2D eigenvalue weighted by Crippen LogP contribution is 2.49. The van der Waals surface area contributed by atoms with Gasteiger partial charge >= 0.3 is 14.2 Å². The van der Waals surface area contributed by atoms with Gasteiger partial charge in [-0.2, -0.15) is 0 Å². The van der Waals surface area contributed by atoms with Crippen molar-refractivity contribution in [2.75, 3.05) is 26.4 Å². The molecule has 0 atom stereocenters. The Bertz CT molecular complexity index is 3220. The lowest BCUT2D eigenvalue weighted by Gasteiger charge is -2.32. The summed E-state index contributed by atoms with van der Waals surface area (Å²) < 4.78 is 53.7. The van der Waals surface area contributed by atoms with E-state index in [1.54, 1.807) is 0 Å². The summed E-state index contributed by atoms with van der Waals surface area (Å²) in [6.07, 6.45) is 8.33. The van der Waals surface area contributed by atoms with Crippen LogP contribution in [0.25, 0.3) is 65.3 Å². The van der Waals surface area contributed by atoms with Crippen molar-refractivity contribution in [3.63, 3.8) is 0 Å². The van der Waals surface area contributed by atoms with Crippen LogP contribution in [0.5, 0.6) is 23.0 Å². The van der Waals surface area contributed by atoms with E-state index in [2.05, 4.69) is 236 Å². The molecule has 12 heteroatoms. The molecule has 420 valence electrons. The largest absolute Gasteiger partial charge is 0.494 e. The average Bonchev–Trinajstić information content (AvgIpc) is 3.93. The van der Waals surface area contributed by atoms with Crippen molar-refractivity contribution in [2.24, 2.45) is 0 Å². The van der Waals surface area contributed by atoms with E-state index in [1.165, 1.54) is 10.8 Å². The second-order valence-electron chi connectivity index (χ2n) is 23.4. The number of benzene rings is 8. The molecule has 0 saturated carbocycles. The minimum Gasteiger partial charge on any atom is -0.493 e. The summed E-state index contributed by atoms with van der Waals surface area (Å²) in [5, 5.41) is 9.03. The Labute approximate surface area is 493 Å². The number of ether oxygens (including phenoxy) is 4. The Morgan fingerprint density at radius 3 is 0.850 bits per heavy atom. The molecule has 0 bridgehead atoms. The van der Waals surface area contributed by atoms with Gasteiger partial charge in [0.05, 0.1) is 48.8 Å². The van der Waals surface area contributed by atoms with Crippen molar-refractivity contribution in [2.45, 2.75) is 157 Å². The zero-order valence-electron chi connectivity index (χ0n) is 49.2. The van der Waals surface area contributed by atoms with Gasteiger partial charge < -0.3 is 37.6 Å². The molecular formula is C68H80B2Br2O8. The summed E-state index contributed by atoms with van der Waals surface area (Å²) in [7, 11) is -0.885. The molecule has 0 N–H and O–H groups in total. The van der Waals surface area contributed by atoms with Crippen LogP contribution in [0.3, 0.4) is 0 Å². The molecule has 0 aromatic heterocycles. The average molecular weight is 1210 g/mol. The van der Waals surface area contributed by atoms with E-state index in [0.29, 0.717) is 26.4 Å². The third kappa shape index (κ3) is 12.6. The first-order chi connectivity index (χ1) is 38.3. The minimum absolute atomic E-state index is 0.415. The summed E-state index contributed by atoms with van der Waals surface area (Å²) in [4.78, 5) is 0. The highest BCUT2D eigenvalue weighted by atomic mass is 79.9. The lowest BCUT2D eigenvalue weighted by molar-refractivity contribution is 0.00578. The number of hydrogen-bond donors (Lipinski definition) is 0. The molecule has 2 saturated heterocycles. The van der Waals surface area contributed by atoms with Gasteiger partial charge in [-0.25, -0.2) is 0 Å². The fourth-order valence-corrected chi connectivity index (χ4v) is 11.0. The van der Waals surface area contributed by atoms with Gasteiger partial charge in [0.15, 0.2) is 0 Å². The Morgan fingerprint density at radius 1 is 0.338 bits per heavy atom. The van der Waals surface area contributed by atoms with E-state index >= 15 is 0 Å². The van der Waals surface area contributed by atoms with Gasteiger partial charge in [-0.05, 0) is 184 Å². The molecule has 2 heterocycles. The zero-order valence-corrected chi connectivity index (χ0v) is 52.4. The van der Waals surface area contributed by atoms with E-state index in [-0.39, 0.29) is 0 Å². The molecule has 2 fully saturated rings. The Kier molecular flexibility index (Phi) is 18.8. The highest BCUT2D eigenvalue weighted by Gasteiger charge is 2.53. The van der Waals surface area contributed by atoms with Crippen LogP contribution in [0.15, 0.2) is 130 Å². The molecule has 8 nitrogen and oxygen atoms in total. The fourth-order valence-electron chi connectivity index (χ4n) is 10.3. The molecule has 80 heavy (non-hydrogen) atoms. The maximum absolute atomic E-state index is 6.56. The van der Waals surface area contributed by atoms with Crippen LogP contribution >= 0.6 is 31.9 Å². The summed E-state index contributed by atoms with van der Waals surface area (Å²) in [6, 6.07) is 42.9. The topological polar surface area (TPSA) is 73.8 Å². The molecule has 2 aliphatic heterocycles. The van der Waals surface area contributed by atoms with Crippen LogP contribution in [0.2, 0.25) is 0 Å². The molecule has 0 amide bonds. The molecular weight excluding hydrogens is 1130 g/mol. The SMILES string of the molecule is CCCCOc1ccc2cc(B3OC(C)(C)C(C)(C)O3)ccc2c1-c1c(OCCCC)ccc2cc(B3OC(C)(C)C(C)(C)O3)ccc12.CCCCOc1ccc2cc(Br)ccc2c1-c1c(OCCCC)ccc2cc(Br)ccc12.